The molecule has 0 atom stereocenters. The molecule has 0 fully saturated rings. The van der Waals surface area contributed by atoms with E-state index in [1.165, 1.54) is 11.1 Å². The Balaban J connectivity index is 2.20. The van der Waals surface area contributed by atoms with Crippen LogP contribution in [-0.2, 0) is 17.9 Å². The lowest BCUT2D eigenvalue weighted by atomic mass is 10.1. The molecule has 80 valence electrons. The molecule has 1 aliphatic rings. The summed E-state index contributed by atoms with van der Waals surface area (Å²) in [5, 5.41) is 0.387. The van der Waals surface area contributed by atoms with Gasteiger partial charge in [0.05, 0.1) is 12.4 Å². The smallest absolute Gasteiger partial charge is 0.233 e. The summed E-state index contributed by atoms with van der Waals surface area (Å²) >= 11 is 3.18. The van der Waals surface area contributed by atoms with E-state index in [0.29, 0.717) is 18.4 Å². The first-order valence-electron chi connectivity index (χ1n) is 4.74. The van der Waals surface area contributed by atoms with Crippen molar-refractivity contribution in [2.24, 2.45) is 0 Å². The lowest BCUT2D eigenvalue weighted by Crippen LogP contribution is -2.25. The van der Waals surface area contributed by atoms with Crippen LogP contribution in [0.15, 0.2) is 18.2 Å². The molecule has 0 bridgehead atoms. The van der Waals surface area contributed by atoms with Crippen LogP contribution in [0.25, 0.3) is 0 Å². The molecule has 0 spiro atoms. The third-order valence-electron chi connectivity index (χ3n) is 2.60. The van der Waals surface area contributed by atoms with E-state index in [1.54, 1.807) is 7.11 Å². The number of benzene rings is 1. The highest BCUT2D eigenvalue weighted by Crippen LogP contribution is 2.26. The Morgan fingerprint density at radius 2 is 2.20 bits per heavy atom. The predicted octanol–water partition coefficient (Wildman–Crippen LogP) is 1.93. The number of rotatable bonds is 2. The lowest BCUT2D eigenvalue weighted by Gasteiger charge is -2.12. The average molecular weight is 270 g/mol. The average Bonchev–Trinajstić information content (AvgIpc) is 2.70. The van der Waals surface area contributed by atoms with Crippen molar-refractivity contribution in [3.8, 4) is 5.75 Å². The molecule has 0 unspecified atom stereocenters. The van der Waals surface area contributed by atoms with Gasteiger partial charge < -0.3 is 9.64 Å². The summed E-state index contributed by atoms with van der Waals surface area (Å²) in [5.74, 6) is 0.979. The van der Waals surface area contributed by atoms with Crippen LogP contribution in [0, 0.1) is 0 Å². The second-order valence-corrected chi connectivity index (χ2v) is 4.08. The third kappa shape index (κ3) is 2.00. The van der Waals surface area contributed by atoms with E-state index in [1.807, 2.05) is 23.1 Å². The number of halogens is 1. The Morgan fingerprint density at radius 1 is 1.47 bits per heavy atom. The highest BCUT2D eigenvalue weighted by atomic mass is 79.9. The number of alkyl halides is 1. The number of ether oxygens (including phenoxy) is 1. The Kier molecular flexibility index (Phi) is 2.95. The maximum Gasteiger partial charge on any atom is 0.233 e. The first-order chi connectivity index (χ1) is 7.24. The summed E-state index contributed by atoms with van der Waals surface area (Å²) in [6.45, 7) is 1.40. The molecule has 15 heavy (non-hydrogen) atoms. The van der Waals surface area contributed by atoms with Crippen molar-refractivity contribution in [1.82, 2.24) is 4.90 Å². The number of methoxy groups -OCH3 is 1. The molecule has 2 rings (SSSR count). The number of nitrogens with zero attached hydrogens (tertiary/aromatic N) is 1. The Bertz CT molecular complexity index is 392. The van der Waals surface area contributed by atoms with Crippen LogP contribution in [0.4, 0.5) is 0 Å². The second-order valence-electron chi connectivity index (χ2n) is 3.52. The fraction of sp³-hybridized carbons (Fsp3) is 0.364. The summed E-state index contributed by atoms with van der Waals surface area (Å²) < 4.78 is 5.15. The number of carbonyl (C=O) groups is 1. The van der Waals surface area contributed by atoms with Crippen LogP contribution in [0.3, 0.4) is 0 Å². The van der Waals surface area contributed by atoms with Crippen LogP contribution in [0.1, 0.15) is 11.1 Å². The molecule has 4 heteroatoms. The van der Waals surface area contributed by atoms with Gasteiger partial charge in [-0.2, -0.15) is 0 Å². The van der Waals surface area contributed by atoms with Crippen LogP contribution in [-0.4, -0.2) is 23.2 Å². The van der Waals surface area contributed by atoms with Gasteiger partial charge in [-0.1, -0.05) is 22.0 Å². The zero-order chi connectivity index (χ0) is 10.8. The van der Waals surface area contributed by atoms with Crippen molar-refractivity contribution in [2.45, 2.75) is 13.1 Å². The lowest BCUT2D eigenvalue weighted by molar-refractivity contribution is -0.128. The normalized spacial score (nSPS) is 13.9. The summed E-state index contributed by atoms with van der Waals surface area (Å²) in [5.41, 5.74) is 2.40. The van der Waals surface area contributed by atoms with E-state index in [-0.39, 0.29) is 5.91 Å². The van der Waals surface area contributed by atoms with Crippen molar-refractivity contribution >= 4 is 21.8 Å². The minimum atomic E-state index is 0.130. The summed E-state index contributed by atoms with van der Waals surface area (Å²) in [4.78, 5) is 13.3. The van der Waals surface area contributed by atoms with E-state index in [9.17, 15) is 4.79 Å². The van der Waals surface area contributed by atoms with E-state index in [2.05, 4.69) is 15.9 Å². The van der Waals surface area contributed by atoms with Gasteiger partial charge in [-0.3, -0.25) is 4.79 Å². The number of fused-ring (bicyclic) bond motifs is 1. The van der Waals surface area contributed by atoms with E-state index >= 15 is 0 Å². The van der Waals surface area contributed by atoms with Gasteiger partial charge in [0, 0.05) is 13.1 Å². The Morgan fingerprint density at radius 3 is 2.87 bits per heavy atom. The van der Waals surface area contributed by atoms with E-state index < -0.39 is 0 Å². The molecule has 1 heterocycles. The van der Waals surface area contributed by atoms with E-state index in [4.69, 9.17) is 4.74 Å². The van der Waals surface area contributed by atoms with Crippen molar-refractivity contribution < 1.29 is 9.53 Å². The zero-order valence-corrected chi connectivity index (χ0v) is 10.1. The van der Waals surface area contributed by atoms with Crippen molar-refractivity contribution in [3.63, 3.8) is 0 Å². The maximum atomic E-state index is 11.5. The van der Waals surface area contributed by atoms with Gasteiger partial charge in [0.15, 0.2) is 0 Å². The standard InChI is InChI=1S/C11H12BrNO2/c1-15-10-3-2-8-6-13(11(14)5-12)7-9(8)4-10/h2-4H,5-7H2,1H3. The quantitative estimate of drug-likeness (QED) is 0.768. The topological polar surface area (TPSA) is 29.5 Å². The molecule has 0 aliphatic carbocycles. The molecular weight excluding hydrogens is 258 g/mol. The van der Waals surface area contributed by atoms with Gasteiger partial charge in [-0.15, -0.1) is 0 Å². The molecule has 0 N–H and O–H groups in total. The molecule has 0 aromatic heterocycles. The second kappa shape index (κ2) is 4.23. The van der Waals surface area contributed by atoms with Gasteiger partial charge in [0.2, 0.25) is 5.91 Å². The van der Waals surface area contributed by atoms with Gasteiger partial charge in [-0.05, 0) is 23.3 Å². The zero-order valence-electron chi connectivity index (χ0n) is 8.50. The summed E-state index contributed by atoms with van der Waals surface area (Å²) in [6, 6.07) is 5.95. The highest BCUT2D eigenvalue weighted by molar-refractivity contribution is 9.09. The van der Waals surface area contributed by atoms with Crippen LogP contribution < -0.4 is 4.74 Å². The molecular formula is C11H12BrNO2. The molecule has 0 radical (unpaired) electrons. The molecule has 1 aliphatic heterocycles. The van der Waals surface area contributed by atoms with Gasteiger partial charge >= 0.3 is 0 Å². The summed E-state index contributed by atoms with van der Waals surface area (Å²) in [7, 11) is 1.65. The number of hydrogen-bond acceptors (Lipinski definition) is 2. The fourth-order valence-electron chi connectivity index (χ4n) is 1.76. The van der Waals surface area contributed by atoms with Crippen molar-refractivity contribution in [1.29, 1.82) is 0 Å². The Hall–Kier alpha value is -1.03. The minimum absolute atomic E-state index is 0.130. The maximum absolute atomic E-state index is 11.5. The number of carbonyl (C=O) groups excluding carboxylic acids is 1. The number of hydrogen-bond donors (Lipinski definition) is 0. The van der Waals surface area contributed by atoms with Crippen molar-refractivity contribution in [2.75, 3.05) is 12.4 Å². The van der Waals surface area contributed by atoms with Gasteiger partial charge in [-0.25, -0.2) is 0 Å². The molecule has 1 amide bonds. The number of amides is 1. The Labute approximate surface area is 97.2 Å². The fourth-order valence-corrected chi connectivity index (χ4v) is 2.11. The first-order valence-corrected chi connectivity index (χ1v) is 5.86. The van der Waals surface area contributed by atoms with Gasteiger partial charge in [0.25, 0.3) is 0 Å². The largest absolute Gasteiger partial charge is 0.497 e. The molecule has 3 nitrogen and oxygen atoms in total. The molecule has 0 saturated heterocycles. The monoisotopic (exact) mass is 269 g/mol. The van der Waals surface area contributed by atoms with Crippen molar-refractivity contribution in [3.05, 3.63) is 29.3 Å². The molecule has 1 aromatic rings. The minimum Gasteiger partial charge on any atom is -0.497 e. The van der Waals surface area contributed by atoms with Crippen LogP contribution in [0.2, 0.25) is 0 Å². The van der Waals surface area contributed by atoms with E-state index in [0.717, 1.165) is 5.75 Å². The predicted molar refractivity (Wildman–Crippen MR) is 61.0 cm³/mol. The molecule has 0 saturated carbocycles. The third-order valence-corrected chi connectivity index (χ3v) is 3.08. The van der Waals surface area contributed by atoms with Gasteiger partial charge in [0.1, 0.15) is 5.75 Å². The SMILES string of the molecule is COc1ccc2c(c1)CN(C(=O)CBr)C2. The van der Waals surface area contributed by atoms with Crippen LogP contribution >= 0.6 is 15.9 Å². The molecule has 1 aromatic carbocycles. The summed E-state index contributed by atoms with van der Waals surface area (Å²) in [6.07, 6.45) is 0. The van der Waals surface area contributed by atoms with Crippen LogP contribution in [0.5, 0.6) is 5.75 Å². The highest BCUT2D eigenvalue weighted by Gasteiger charge is 2.22. The first kappa shape index (κ1) is 10.5.